The molecular weight excluding hydrogens is 570 g/mol. The normalized spacial score (nSPS) is 12.3. The molecule has 4 aromatic rings. The average molecular weight is 599 g/mol. The van der Waals surface area contributed by atoms with Gasteiger partial charge in [0, 0.05) is 9.79 Å². The Bertz CT molecular complexity index is 1220. The van der Waals surface area contributed by atoms with Crippen LogP contribution in [0.1, 0.15) is 0 Å². The quantitative estimate of drug-likeness (QED) is 0.0756. The third kappa shape index (κ3) is 7.41. The van der Waals surface area contributed by atoms with Crippen LogP contribution >= 0.6 is 40.7 Å². The topological polar surface area (TPSA) is 171 Å². The second kappa shape index (κ2) is 14.3. The van der Waals surface area contributed by atoms with Crippen LogP contribution in [-0.4, -0.2) is 64.1 Å². The molecule has 0 saturated carbocycles. The Morgan fingerprint density at radius 3 is 1.29 bits per heavy atom. The molecule has 0 bridgehead atoms. The summed E-state index contributed by atoms with van der Waals surface area (Å²) in [6, 6.07) is 27.3. The fourth-order valence-electron chi connectivity index (χ4n) is 3.62. The lowest BCUT2D eigenvalue weighted by Crippen LogP contribution is -2.51. The van der Waals surface area contributed by atoms with Crippen LogP contribution in [0.2, 0.25) is 0 Å². The highest BCUT2D eigenvalue weighted by molar-refractivity contribution is 8.18. The van der Waals surface area contributed by atoms with E-state index in [1.165, 1.54) is 0 Å². The molecule has 13 heteroatoms. The van der Waals surface area contributed by atoms with Crippen molar-refractivity contribution in [2.75, 3.05) is 19.8 Å². The van der Waals surface area contributed by atoms with Gasteiger partial charge < -0.3 is 40.0 Å². The minimum Gasteiger partial charge on any atom is -0.395 e. The molecular formula is C25H28O9P2S2. The lowest BCUT2D eigenvalue weighted by molar-refractivity contribution is -0.0617. The Morgan fingerprint density at radius 2 is 0.947 bits per heavy atom. The Kier molecular flexibility index (Phi) is 11.7. The van der Waals surface area contributed by atoms with Gasteiger partial charge in [0.1, 0.15) is 0 Å². The van der Waals surface area contributed by atoms with Gasteiger partial charge in [0.15, 0.2) is 4.27 Å². The number of hydrogen-bond donors (Lipinski definition) is 8. The first-order valence-electron chi connectivity index (χ1n) is 11.1. The molecule has 9 nitrogen and oxygen atoms in total. The molecule has 0 fully saturated rings. The van der Waals surface area contributed by atoms with Gasteiger partial charge in [-0.3, -0.25) is 0 Å². The highest BCUT2D eigenvalue weighted by Crippen LogP contribution is 2.55. The Balaban J connectivity index is 0.000000505. The zero-order chi connectivity index (χ0) is 27.8. The number of thioether (sulfide) groups is 2. The molecule has 0 heterocycles. The van der Waals surface area contributed by atoms with Crippen molar-refractivity contribution in [1.82, 2.24) is 0 Å². The van der Waals surface area contributed by atoms with E-state index in [2.05, 4.69) is 4.31 Å². The van der Waals surface area contributed by atoms with Crippen LogP contribution in [0.5, 0.6) is 0 Å². The van der Waals surface area contributed by atoms with Gasteiger partial charge in [-0.05, 0) is 33.7 Å². The summed E-state index contributed by atoms with van der Waals surface area (Å²) >= 11 is 2.29. The molecule has 8 N–H and O–H groups in total. The van der Waals surface area contributed by atoms with E-state index >= 15 is 0 Å². The molecule has 0 radical (unpaired) electrons. The molecule has 4 aromatic carbocycles. The van der Waals surface area contributed by atoms with E-state index in [9.17, 15) is 20.4 Å². The van der Waals surface area contributed by atoms with E-state index in [-0.39, 0.29) is 0 Å². The summed E-state index contributed by atoms with van der Waals surface area (Å²) in [5.74, 6) is 0. The monoisotopic (exact) mass is 598 g/mol. The second-order valence-corrected chi connectivity index (χ2v) is 12.5. The lowest BCUT2D eigenvalue weighted by atomic mass is 9.92. The van der Waals surface area contributed by atoms with Crippen LogP contribution in [0.15, 0.2) is 94.7 Å². The molecule has 0 unspecified atom stereocenters. The smallest absolute Gasteiger partial charge is 0.334 e. The zero-order valence-corrected chi connectivity index (χ0v) is 23.3. The molecule has 0 atom stereocenters. The predicted octanol–water partition coefficient (Wildman–Crippen LogP) is 3.91. The van der Waals surface area contributed by atoms with Gasteiger partial charge in [0.2, 0.25) is 0 Å². The molecule has 0 spiro atoms. The fourth-order valence-corrected chi connectivity index (χ4v) is 7.15. The van der Waals surface area contributed by atoms with Gasteiger partial charge >= 0.3 is 17.2 Å². The summed E-state index contributed by atoms with van der Waals surface area (Å²) in [4.78, 5) is 32.9. The average Bonchev–Trinajstić information content (AvgIpc) is 2.90. The van der Waals surface area contributed by atoms with Gasteiger partial charge in [0.25, 0.3) is 0 Å². The Morgan fingerprint density at radius 1 is 0.579 bits per heavy atom. The van der Waals surface area contributed by atoms with Gasteiger partial charge in [-0.15, -0.1) is 0 Å². The van der Waals surface area contributed by atoms with Crippen LogP contribution in [0.3, 0.4) is 0 Å². The Labute approximate surface area is 230 Å². The second-order valence-electron chi connectivity index (χ2n) is 8.08. The first-order chi connectivity index (χ1) is 18.2. The van der Waals surface area contributed by atoms with Gasteiger partial charge in [0.05, 0.1) is 25.2 Å². The molecule has 0 amide bonds. The van der Waals surface area contributed by atoms with Crippen molar-refractivity contribution in [3.8, 4) is 0 Å². The molecule has 38 heavy (non-hydrogen) atoms. The fraction of sp³-hybridized carbons (Fsp3) is 0.200. The van der Waals surface area contributed by atoms with Crippen molar-refractivity contribution in [3.63, 3.8) is 0 Å². The molecule has 0 aliphatic carbocycles. The Hall–Kier alpha value is -1.40. The number of aliphatic hydroxyl groups excluding tert-OH is 3. The van der Waals surface area contributed by atoms with Gasteiger partial charge in [-0.1, -0.05) is 96.3 Å². The largest absolute Gasteiger partial charge is 0.395 e. The molecule has 0 aromatic heterocycles. The maximum atomic E-state index is 12.0. The molecule has 0 saturated heterocycles. The van der Waals surface area contributed by atoms with Crippen LogP contribution < -0.4 is 0 Å². The molecule has 0 aliphatic heterocycles. The van der Waals surface area contributed by atoms with E-state index in [0.29, 0.717) is 0 Å². The van der Waals surface area contributed by atoms with E-state index in [1.807, 2.05) is 84.9 Å². The van der Waals surface area contributed by atoms with E-state index in [1.54, 1.807) is 0 Å². The predicted molar refractivity (Wildman–Crippen MR) is 152 cm³/mol. The summed E-state index contributed by atoms with van der Waals surface area (Å²) in [7, 11) is -5.22. The van der Waals surface area contributed by atoms with Crippen molar-refractivity contribution in [2.24, 2.45) is 5.41 Å². The summed E-state index contributed by atoms with van der Waals surface area (Å²) in [5.41, 5.74) is -1.55. The lowest BCUT2D eigenvalue weighted by Gasteiger charge is -2.43. The maximum Gasteiger partial charge on any atom is 0.334 e. The van der Waals surface area contributed by atoms with Gasteiger partial charge in [-0.2, -0.15) is 0 Å². The first-order valence-corrected chi connectivity index (χ1v) is 15.1. The van der Waals surface area contributed by atoms with Crippen LogP contribution in [-0.2, 0) is 4.31 Å². The van der Waals surface area contributed by atoms with Crippen molar-refractivity contribution in [2.45, 2.75) is 14.1 Å². The number of fused-ring (bicyclic) bond motifs is 2. The summed E-state index contributed by atoms with van der Waals surface area (Å²) in [6.45, 7) is -1.73. The summed E-state index contributed by atoms with van der Waals surface area (Å²) in [6.07, 6.45) is 0. The maximum absolute atomic E-state index is 12.0. The van der Waals surface area contributed by atoms with Crippen molar-refractivity contribution >= 4 is 62.3 Å². The number of aliphatic hydroxyl groups is 4. The minimum atomic E-state index is -2.61. The minimum absolute atomic E-state index is 0.577. The number of rotatable bonds is 10. The van der Waals surface area contributed by atoms with Crippen LogP contribution in [0.4, 0.5) is 0 Å². The molecule has 0 aliphatic rings. The van der Waals surface area contributed by atoms with E-state index in [0.717, 1.165) is 54.9 Å². The van der Waals surface area contributed by atoms with E-state index in [4.69, 9.17) is 19.6 Å². The zero-order valence-electron chi connectivity index (χ0n) is 19.9. The van der Waals surface area contributed by atoms with E-state index < -0.39 is 46.7 Å². The van der Waals surface area contributed by atoms with Gasteiger partial charge in [-0.25, -0.2) is 4.31 Å². The number of hydrogen-bond acceptors (Lipinski definition) is 11. The van der Waals surface area contributed by atoms with Crippen molar-refractivity contribution in [1.29, 1.82) is 0 Å². The van der Waals surface area contributed by atoms with Crippen LogP contribution in [0, 0.1) is 5.41 Å². The summed E-state index contributed by atoms with van der Waals surface area (Å²) in [5, 5.41) is 46.5. The van der Waals surface area contributed by atoms with Crippen LogP contribution in [0.25, 0.3) is 21.5 Å². The third-order valence-corrected chi connectivity index (χ3v) is 9.96. The SMILES string of the molecule is OCC(CO)(CO)C(O)(Sc1cccc2ccccc12)Sc1cccc2ccccc12.OP(O)OP(O)O. The van der Waals surface area contributed by atoms with Crippen molar-refractivity contribution in [3.05, 3.63) is 84.9 Å². The number of benzene rings is 4. The van der Waals surface area contributed by atoms with Crippen molar-refractivity contribution < 1.29 is 44.3 Å². The highest BCUT2D eigenvalue weighted by atomic mass is 32.2. The highest BCUT2D eigenvalue weighted by Gasteiger charge is 2.52. The molecule has 4 rings (SSSR count). The first kappa shape index (κ1) is 31.1. The third-order valence-electron chi connectivity index (χ3n) is 5.72. The summed E-state index contributed by atoms with van der Waals surface area (Å²) < 4.78 is 1.85. The molecule has 204 valence electrons. The standard InChI is InChI=1S/C25H24O4S2.H4O5P2/c26-15-24(16-27,17-28)25(29,30-22-13-5-9-18-7-1-3-11-20(18)22)31-23-14-6-10-19-8-2-4-12-21(19)23;1-6(2)5-7(3)4/h1-14,26-29H,15-17H2;1-4H.